The minimum Gasteiger partial charge on any atom is -0.490 e. The first-order valence-electron chi connectivity index (χ1n) is 8.11. The molecule has 0 aliphatic carbocycles. The quantitative estimate of drug-likeness (QED) is 0.653. The molecule has 124 valence electrons. The number of benzene rings is 1. The Kier molecular flexibility index (Phi) is 8.88. The lowest BCUT2D eigenvalue weighted by molar-refractivity contribution is 0.241. The summed E-state index contributed by atoms with van der Waals surface area (Å²) in [5.41, 5.74) is 1.11. The zero-order chi connectivity index (χ0) is 16.2. The van der Waals surface area contributed by atoms with Gasteiger partial charge in [-0.15, -0.1) is 0 Å². The summed E-state index contributed by atoms with van der Waals surface area (Å²) in [4.78, 5) is 11.5. The van der Waals surface area contributed by atoms with E-state index in [2.05, 4.69) is 17.6 Å². The van der Waals surface area contributed by atoms with Crippen molar-refractivity contribution in [2.75, 3.05) is 26.3 Å². The van der Waals surface area contributed by atoms with E-state index >= 15 is 0 Å². The summed E-state index contributed by atoms with van der Waals surface area (Å²) < 4.78 is 11.1. The normalized spacial score (nSPS) is 10.1. The number of urea groups is 1. The molecule has 0 fully saturated rings. The summed E-state index contributed by atoms with van der Waals surface area (Å²) in [7, 11) is 0. The molecule has 5 heteroatoms. The first kappa shape index (κ1) is 18.1. The van der Waals surface area contributed by atoms with Crippen LogP contribution in [0.1, 0.15) is 39.2 Å². The van der Waals surface area contributed by atoms with Gasteiger partial charge in [-0.3, -0.25) is 0 Å². The molecule has 0 bridgehead atoms. The molecule has 0 aromatic heterocycles. The van der Waals surface area contributed by atoms with Gasteiger partial charge in [-0.25, -0.2) is 4.79 Å². The average molecular weight is 308 g/mol. The third-order valence-corrected chi connectivity index (χ3v) is 3.12. The van der Waals surface area contributed by atoms with Gasteiger partial charge in [0.2, 0.25) is 0 Å². The SMILES string of the molecule is CCCCNC(=O)NCCc1ccc(OCC)c(OCC)c1. The van der Waals surface area contributed by atoms with Crippen molar-refractivity contribution < 1.29 is 14.3 Å². The van der Waals surface area contributed by atoms with Crippen molar-refractivity contribution in [1.29, 1.82) is 0 Å². The van der Waals surface area contributed by atoms with E-state index in [1.54, 1.807) is 0 Å². The van der Waals surface area contributed by atoms with Gasteiger partial charge >= 0.3 is 6.03 Å². The fourth-order valence-corrected chi connectivity index (χ4v) is 2.01. The zero-order valence-electron chi connectivity index (χ0n) is 13.9. The largest absolute Gasteiger partial charge is 0.490 e. The number of ether oxygens (including phenoxy) is 2. The fourth-order valence-electron chi connectivity index (χ4n) is 2.01. The molecule has 22 heavy (non-hydrogen) atoms. The van der Waals surface area contributed by atoms with Gasteiger partial charge in [-0.1, -0.05) is 19.4 Å². The highest BCUT2D eigenvalue weighted by Gasteiger charge is 2.06. The van der Waals surface area contributed by atoms with Gasteiger partial charge in [-0.05, 0) is 44.4 Å². The molecule has 0 radical (unpaired) electrons. The predicted molar refractivity (Wildman–Crippen MR) is 88.8 cm³/mol. The minimum absolute atomic E-state index is 0.107. The number of amides is 2. The Hall–Kier alpha value is -1.91. The lowest BCUT2D eigenvalue weighted by Gasteiger charge is -2.13. The smallest absolute Gasteiger partial charge is 0.314 e. The molecule has 0 aliphatic heterocycles. The maximum Gasteiger partial charge on any atom is 0.314 e. The van der Waals surface area contributed by atoms with Crippen LogP contribution in [-0.4, -0.2) is 32.3 Å². The van der Waals surface area contributed by atoms with Crippen molar-refractivity contribution in [3.8, 4) is 11.5 Å². The number of unbranched alkanes of at least 4 members (excludes halogenated alkanes) is 1. The van der Waals surface area contributed by atoms with Crippen molar-refractivity contribution in [2.24, 2.45) is 0 Å². The van der Waals surface area contributed by atoms with E-state index in [9.17, 15) is 4.79 Å². The summed E-state index contributed by atoms with van der Waals surface area (Å²) >= 11 is 0. The Labute approximate surface area is 133 Å². The van der Waals surface area contributed by atoms with Crippen molar-refractivity contribution >= 4 is 6.03 Å². The van der Waals surface area contributed by atoms with Crippen LogP contribution in [0.2, 0.25) is 0 Å². The monoisotopic (exact) mass is 308 g/mol. The van der Waals surface area contributed by atoms with E-state index in [0.717, 1.165) is 42.9 Å². The molecule has 0 aliphatic rings. The second-order valence-electron chi connectivity index (χ2n) is 4.93. The van der Waals surface area contributed by atoms with Crippen LogP contribution in [0.5, 0.6) is 11.5 Å². The number of carbonyl (C=O) groups is 1. The summed E-state index contributed by atoms with van der Waals surface area (Å²) in [5.74, 6) is 1.52. The molecule has 0 saturated carbocycles. The van der Waals surface area contributed by atoms with Crippen LogP contribution in [0.25, 0.3) is 0 Å². The van der Waals surface area contributed by atoms with E-state index in [4.69, 9.17) is 9.47 Å². The molecule has 5 nitrogen and oxygen atoms in total. The zero-order valence-corrected chi connectivity index (χ0v) is 13.9. The van der Waals surface area contributed by atoms with Gasteiger partial charge in [-0.2, -0.15) is 0 Å². The van der Waals surface area contributed by atoms with Gasteiger partial charge in [0.25, 0.3) is 0 Å². The van der Waals surface area contributed by atoms with Gasteiger partial charge < -0.3 is 20.1 Å². The number of hydrogen-bond donors (Lipinski definition) is 2. The van der Waals surface area contributed by atoms with E-state index in [-0.39, 0.29) is 6.03 Å². The highest BCUT2D eigenvalue weighted by atomic mass is 16.5. The topological polar surface area (TPSA) is 59.6 Å². The molecule has 2 N–H and O–H groups in total. The van der Waals surface area contributed by atoms with E-state index in [1.807, 2.05) is 32.0 Å². The Morgan fingerprint density at radius 3 is 2.36 bits per heavy atom. The Morgan fingerprint density at radius 2 is 1.68 bits per heavy atom. The second kappa shape index (κ2) is 10.8. The van der Waals surface area contributed by atoms with Crippen LogP contribution in [0, 0.1) is 0 Å². The molecular formula is C17H28N2O3. The van der Waals surface area contributed by atoms with Crippen molar-refractivity contribution in [2.45, 2.75) is 40.0 Å². The van der Waals surface area contributed by atoms with Crippen molar-refractivity contribution in [3.05, 3.63) is 23.8 Å². The van der Waals surface area contributed by atoms with Crippen LogP contribution in [0.4, 0.5) is 4.79 Å². The van der Waals surface area contributed by atoms with Crippen LogP contribution in [0.3, 0.4) is 0 Å². The number of rotatable bonds is 10. The lowest BCUT2D eigenvalue weighted by atomic mass is 10.1. The predicted octanol–water partition coefficient (Wildman–Crippen LogP) is 3.13. The number of nitrogens with one attached hydrogen (secondary N) is 2. The van der Waals surface area contributed by atoms with Crippen molar-refractivity contribution in [1.82, 2.24) is 10.6 Å². The fraction of sp³-hybridized carbons (Fsp3) is 0.588. The average Bonchev–Trinajstić information content (AvgIpc) is 2.50. The molecular weight excluding hydrogens is 280 g/mol. The molecule has 2 amide bonds. The van der Waals surface area contributed by atoms with Crippen LogP contribution < -0.4 is 20.1 Å². The highest BCUT2D eigenvalue weighted by Crippen LogP contribution is 2.28. The summed E-state index contributed by atoms with van der Waals surface area (Å²) in [6, 6.07) is 5.80. The number of carbonyl (C=O) groups excluding carboxylic acids is 1. The van der Waals surface area contributed by atoms with Gasteiger partial charge in [0.05, 0.1) is 13.2 Å². The van der Waals surface area contributed by atoms with Crippen LogP contribution in [-0.2, 0) is 6.42 Å². The van der Waals surface area contributed by atoms with E-state index in [1.165, 1.54) is 0 Å². The van der Waals surface area contributed by atoms with E-state index in [0.29, 0.717) is 19.8 Å². The molecule has 0 unspecified atom stereocenters. The summed E-state index contributed by atoms with van der Waals surface area (Å²) in [6.45, 7) is 8.52. The standard InChI is InChI=1S/C17H28N2O3/c1-4-7-11-18-17(20)19-12-10-14-8-9-15(21-5-2)16(13-14)22-6-3/h8-9,13H,4-7,10-12H2,1-3H3,(H2,18,19,20). The first-order chi connectivity index (χ1) is 10.7. The van der Waals surface area contributed by atoms with Crippen LogP contribution >= 0.6 is 0 Å². The Bertz CT molecular complexity index is 450. The van der Waals surface area contributed by atoms with Gasteiger partial charge in [0, 0.05) is 13.1 Å². The molecule has 1 aromatic carbocycles. The van der Waals surface area contributed by atoms with Crippen LogP contribution in [0.15, 0.2) is 18.2 Å². The van der Waals surface area contributed by atoms with E-state index < -0.39 is 0 Å². The molecule has 0 heterocycles. The molecule has 0 spiro atoms. The summed E-state index contributed by atoms with van der Waals surface area (Å²) in [5, 5.41) is 5.69. The molecule has 1 rings (SSSR count). The summed E-state index contributed by atoms with van der Waals surface area (Å²) in [6.07, 6.45) is 2.84. The van der Waals surface area contributed by atoms with Gasteiger partial charge in [0.15, 0.2) is 11.5 Å². The second-order valence-corrected chi connectivity index (χ2v) is 4.93. The Balaban J connectivity index is 2.45. The minimum atomic E-state index is -0.107. The third-order valence-electron chi connectivity index (χ3n) is 3.12. The number of hydrogen-bond acceptors (Lipinski definition) is 3. The van der Waals surface area contributed by atoms with Gasteiger partial charge in [0.1, 0.15) is 0 Å². The maximum absolute atomic E-state index is 11.5. The first-order valence-corrected chi connectivity index (χ1v) is 8.11. The third kappa shape index (κ3) is 6.70. The van der Waals surface area contributed by atoms with Crippen molar-refractivity contribution in [3.63, 3.8) is 0 Å². The molecule has 0 atom stereocenters. The Morgan fingerprint density at radius 1 is 1.00 bits per heavy atom. The molecule has 1 aromatic rings. The molecule has 0 saturated heterocycles. The lowest BCUT2D eigenvalue weighted by Crippen LogP contribution is -2.37. The maximum atomic E-state index is 11.5. The highest BCUT2D eigenvalue weighted by molar-refractivity contribution is 5.73.